The fourth-order valence-electron chi connectivity index (χ4n) is 3.32. The van der Waals surface area contributed by atoms with Crippen molar-refractivity contribution in [3.05, 3.63) is 48.4 Å². The topological polar surface area (TPSA) is 31.9 Å². The molecule has 1 aliphatic carbocycles. The van der Waals surface area contributed by atoms with Gasteiger partial charge in [-0.3, -0.25) is 4.90 Å². The molecule has 1 heterocycles. The second kappa shape index (κ2) is 5.94. The number of aromatic amines is 1. The van der Waals surface area contributed by atoms with Crippen molar-refractivity contribution in [3.63, 3.8) is 0 Å². The fraction of sp³-hybridized carbons (Fsp3) is 0.350. The molecule has 1 saturated carbocycles. The summed E-state index contributed by atoms with van der Waals surface area (Å²) >= 11 is 4.40. The molecule has 4 rings (SSSR count). The van der Waals surface area contributed by atoms with E-state index in [1.165, 1.54) is 29.2 Å². The number of H-pyrrole nitrogens is 1. The van der Waals surface area contributed by atoms with E-state index >= 15 is 0 Å². The summed E-state index contributed by atoms with van der Waals surface area (Å²) < 4.78 is 0. The molecule has 124 valence electrons. The van der Waals surface area contributed by atoms with E-state index in [0.717, 1.165) is 29.5 Å². The zero-order valence-corrected chi connectivity index (χ0v) is 15.1. The molecule has 3 aromatic rings. The summed E-state index contributed by atoms with van der Waals surface area (Å²) in [5.74, 6) is 1.03. The minimum absolute atomic E-state index is 0.536. The summed E-state index contributed by atoms with van der Waals surface area (Å²) in [5, 5.41) is 2.43. The first-order chi connectivity index (χ1) is 11.5. The molecule has 0 unspecified atom stereocenters. The van der Waals surface area contributed by atoms with Crippen LogP contribution in [0.15, 0.2) is 47.5 Å². The highest BCUT2D eigenvalue weighted by atomic mass is 32.1. The van der Waals surface area contributed by atoms with Crippen LogP contribution in [0.25, 0.3) is 22.0 Å². The van der Waals surface area contributed by atoms with Gasteiger partial charge in [-0.05, 0) is 54.3 Å². The highest BCUT2D eigenvalue weighted by molar-refractivity contribution is 7.80. The maximum atomic E-state index is 4.57. The van der Waals surface area contributed by atoms with Gasteiger partial charge in [-0.2, -0.15) is 0 Å². The van der Waals surface area contributed by atoms with Gasteiger partial charge >= 0.3 is 0 Å². The molecular formula is C20H23N3S. The van der Waals surface area contributed by atoms with Gasteiger partial charge in [0.05, 0.1) is 18.4 Å². The molecule has 0 saturated heterocycles. The zero-order chi connectivity index (χ0) is 16.7. The highest BCUT2D eigenvalue weighted by Gasteiger charge is 2.37. The average molecular weight is 337 g/mol. The Bertz CT molecular complexity index is 879. The molecule has 24 heavy (non-hydrogen) atoms. The molecule has 1 N–H and O–H groups in total. The third kappa shape index (κ3) is 3.35. The van der Waals surface area contributed by atoms with E-state index in [4.69, 9.17) is 0 Å². The molecule has 1 aromatic heterocycles. The Morgan fingerprint density at radius 2 is 1.92 bits per heavy atom. The lowest BCUT2D eigenvalue weighted by Crippen LogP contribution is -2.25. The van der Waals surface area contributed by atoms with Crippen LogP contribution in [0.1, 0.15) is 25.6 Å². The molecule has 0 aliphatic heterocycles. The zero-order valence-electron chi connectivity index (χ0n) is 14.2. The number of aromatic nitrogens is 2. The van der Waals surface area contributed by atoms with E-state index in [9.17, 15) is 0 Å². The van der Waals surface area contributed by atoms with Crippen molar-refractivity contribution >= 4 is 23.4 Å². The Kier molecular flexibility index (Phi) is 3.89. The van der Waals surface area contributed by atoms with Gasteiger partial charge in [-0.1, -0.05) is 25.1 Å². The Labute approximate surface area is 148 Å². The van der Waals surface area contributed by atoms with Crippen LogP contribution in [0, 0.1) is 5.41 Å². The van der Waals surface area contributed by atoms with Crippen LogP contribution in [-0.2, 0) is 6.54 Å². The van der Waals surface area contributed by atoms with Crippen LogP contribution >= 0.6 is 12.6 Å². The van der Waals surface area contributed by atoms with Gasteiger partial charge in [0.15, 0.2) is 0 Å². The van der Waals surface area contributed by atoms with Crippen molar-refractivity contribution < 1.29 is 0 Å². The number of rotatable bonds is 5. The minimum atomic E-state index is 0.536. The number of nitrogens with zero attached hydrogens (tertiary/aromatic N) is 2. The SMILES string of the molecule is CN(Cc1ncc(-c2ccc3cc(S)ccc3c2)[nH]1)CC1(C)CC1. The summed E-state index contributed by atoms with van der Waals surface area (Å²) in [7, 11) is 2.18. The lowest BCUT2D eigenvalue weighted by atomic mass is 10.1. The number of thiol groups is 1. The highest BCUT2D eigenvalue weighted by Crippen LogP contribution is 2.45. The lowest BCUT2D eigenvalue weighted by Gasteiger charge is -2.19. The lowest BCUT2D eigenvalue weighted by molar-refractivity contribution is 0.262. The fourth-order valence-corrected chi connectivity index (χ4v) is 3.54. The normalized spacial score (nSPS) is 16.0. The second-order valence-electron chi connectivity index (χ2n) is 7.47. The minimum Gasteiger partial charge on any atom is -0.341 e. The van der Waals surface area contributed by atoms with Crippen molar-refractivity contribution in [2.24, 2.45) is 5.41 Å². The summed E-state index contributed by atoms with van der Waals surface area (Å²) in [6, 6.07) is 12.7. The van der Waals surface area contributed by atoms with Crippen LogP contribution in [0.3, 0.4) is 0 Å². The van der Waals surface area contributed by atoms with Crippen LogP contribution in [-0.4, -0.2) is 28.5 Å². The smallest absolute Gasteiger partial charge is 0.120 e. The van der Waals surface area contributed by atoms with Gasteiger partial charge in [-0.25, -0.2) is 4.98 Å². The van der Waals surface area contributed by atoms with Gasteiger partial charge in [0.2, 0.25) is 0 Å². The average Bonchev–Trinajstić information content (AvgIpc) is 3.08. The molecule has 0 atom stereocenters. The summed E-state index contributed by atoms with van der Waals surface area (Å²) in [6.45, 7) is 4.37. The third-order valence-corrected chi connectivity index (χ3v) is 5.22. The molecule has 1 aliphatic rings. The Morgan fingerprint density at radius 1 is 1.17 bits per heavy atom. The van der Waals surface area contributed by atoms with Crippen LogP contribution in [0.4, 0.5) is 0 Å². The van der Waals surface area contributed by atoms with Crippen molar-refractivity contribution in [1.82, 2.24) is 14.9 Å². The number of imidazole rings is 1. The quantitative estimate of drug-likeness (QED) is 0.658. The van der Waals surface area contributed by atoms with Gasteiger partial charge < -0.3 is 4.98 Å². The van der Waals surface area contributed by atoms with E-state index < -0.39 is 0 Å². The van der Waals surface area contributed by atoms with Crippen LogP contribution < -0.4 is 0 Å². The molecule has 0 spiro atoms. The van der Waals surface area contributed by atoms with E-state index in [1.807, 2.05) is 12.3 Å². The Balaban J connectivity index is 1.52. The van der Waals surface area contributed by atoms with Gasteiger partial charge in [0.1, 0.15) is 5.82 Å². The monoisotopic (exact) mass is 337 g/mol. The standard InChI is InChI=1S/C20H23N3S/c1-20(7-8-20)13-23(2)12-19-21-11-18(22-19)16-4-3-15-10-17(24)6-5-14(15)9-16/h3-6,9-11,24H,7-8,12-13H2,1-2H3,(H,21,22). The largest absolute Gasteiger partial charge is 0.341 e. The number of hydrogen-bond acceptors (Lipinski definition) is 3. The molecular weight excluding hydrogens is 314 g/mol. The van der Waals surface area contributed by atoms with Crippen molar-refractivity contribution in [3.8, 4) is 11.3 Å². The molecule has 4 heteroatoms. The predicted molar refractivity (Wildman–Crippen MR) is 102 cm³/mol. The Morgan fingerprint density at radius 3 is 2.71 bits per heavy atom. The van der Waals surface area contributed by atoms with Gasteiger partial charge in [0.25, 0.3) is 0 Å². The van der Waals surface area contributed by atoms with Crippen LogP contribution in [0.5, 0.6) is 0 Å². The Hall–Kier alpha value is -1.78. The first-order valence-electron chi connectivity index (χ1n) is 8.46. The maximum absolute atomic E-state index is 4.57. The van der Waals surface area contributed by atoms with E-state index in [0.29, 0.717) is 5.41 Å². The number of nitrogens with one attached hydrogen (secondary N) is 1. The summed E-state index contributed by atoms with van der Waals surface area (Å²) in [6.07, 6.45) is 4.65. The first kappa shape index (κ1) is 15.7. The molecule has 2 aromatic carbocycles. The summed E-state index contributed by atoms with van der Waals surface area (Å²) in [4.78, 5) is 11.4. The van der Waals surface area contributed by atoms with Crippen molar-refractivity contribution in [2.75, 3.05) is 13.6 Å². The van der Waals surface area contributed by atoms with Crippen molar-refractivity contribution in [1.29, 1.82) is 0 Å². The van der Waals surface area contributed by atoms with Gasteiger partial charge in [0, 0.05) is 17.0 Å². The third-order valence-electron chi connectivity index (χ3n) is 4.94. The van der Waals surface area contributed by atoms with Crippen LogP contribution in [0.2, 0.25) is 0 Å². The first-order valence-corrected chi connectivity index (χ1v) is 8.91. The molecule has 1 fully saturated rings. The van der Waals surface area contributed by atoms with E-state index in [-0.39, 0.29) is 0 Å². The van der Waals surface area contributed by atoms with E-state index in [1.54, 1.807) is 0 Å². The maximum Gasteiger partial charge on any atom is 0.120 e. The predicted octanol–water partition coefficient (Wildman–Crippen LogP) is 4.75. The molecule has 0 radical (unpaired) electrons. The second-order valence-corrected chi connectivity index (χ2v) is 7.99. The van der Waals surface area contributed by atoms with Crippen molar-refractivity contribution in [2.45, 2.75) is 31.2 Å². The van der Waals surface area contributed by atoms with E-state index in [2.05, 4.69) is 71.8 Å². The summed E-state index contributed by atoms with van der Waals surface area (Å²) in [5.41, 5.74) is 2.78. The van der Waals surface area contributed by atoms with Gasteiger partial charge in [-0.15, -0.1) is 12.6 Å². The molecule has 0 amide bonds. The number of benzene rings is 2. The number of fused-ring (bicyclic) bond motifs is 1. The number of hydrogen-bond donors (Lipinski definition) is 2. The molecule has 3 nitrogen and oxygen atoms in total. The molecule has 0 bridgehead atoms.